The Bertz CT molecular complexity index is 737. The van der Waals surface area contributed by atoms with Gasteiger partial charge in [0.25, 0.3) is 5.91 Å². The molecule has 0 fully saturated rings. The van der Waals surface area contributed by atoms with E-state index in [1.165, 1.54) is 0 Å². The summed E-state index contributed by atoms with van der Waals surface area (Å²) in [6, 6.07) is 7.67. The van der Waals surface area contributed by atoms with Gasteiger partial charge < -0.3 is 14.4 Å². The van der Waals surface area contributed by atoms with Crippen molar-refractivity contribution in [2.45, 2.75) is 33.4 Å². The molecule has 0 N–H and O–H groups in total. The first-order chi connectivity index (χ1) is 11.0. The number of nitrogens with zero attached hydrogens (tertiary/aromatic N) is 3. The molecule has 0 saturated heterocycles. The van der Waals surface area contributed by atoms with E-state index in [2.05, 4.69) is 5.10 Å². The van der Waals surface area contributed by atoms with E-state index < -0.39 is 0 Å². The zero-order chi connectivity index (χ0) is 16.6. The quantitative estimate of drug-likeness (QED) is 0.870. The van der Waals surface area contributed by atoms with E-state index in [0.717, 1.165) is 22.8 Å². The Hall–Kier alpha value is -2.50. The summed E-state index contributed by atoms with van der Waals surface area (Å²) in [5.41, 5.74) is 2.44. The fraction of sp³-hybridized carbons (Fsp3) is 0.412. The molecule has 6 nitrogen and oxygen atoms in total. The number of carbonyl (C=O) groups is 1. The fourth-order valence-corrected chi connectivity index (χ4v) is 2.68. The first-order valence-corrected chi connectivity index (χ1v) is 7.66. The van der Waals surface area contributed by atoms with Gasteiger partial charge in [-0.05, 0) is 44.5 Å². The van der Waals surface area contributed by atoms with Crippen LogP contribution in [0.2, 0.25) is 0 Å². The lowest BCUT2D eigenvalue weighted by molar-refractivity contribution is 0.0678. The molecule has 1 amide bonds. The molecule has 1 aliphatic rings. The standard InChI is InChI=1S/C17H21N3O3/c1-11(2)20(17(21)14-7-12(3)18-19(14)4)9-13-5-6-15-16(8-13)23-10-22-15/h5-8,11H,9-10H2,1-4H3. The van der Waals surface area contributed by atoms with Gasteiger partial charge in [-0.3, -0.25) is 9.48 Å². The van der Waals surface area contributed by atoms with Gasteiger partial charge in [0.2, 0.25) is 6.79 Å². The number of carbonyl (C=O) groups excluding carboxylic acids is 1. The van der Waals surface area contributed by atoms with E-state index in [1.54, 1.807) is 11.7 Å². The predicted octanol–water partition coefficient (Wildman–Crippen LogP) is 2.51. The third-order valence-electron chi connectivity index (χ3n) is 3.90. The fourth-order valence-electron chi connectivity index (χ4n) is 2.68. The largest absolute Gasteiger partial charge is 0.454 e. The van der Waals surface area contributed by atoms with Crippen LogP contribution in [0, 0.1) is 6.92 Å². The number of benzene rings is 1. The Labute approximate surface area is 135 Å². The third-order valence-corrected chi connectivity index (χ3v) is 3.90. The molecule has 122 valence electrons. The van der Waals surface area contributed by atoms with Crippen molar-refractivity contribution in [1.82, 2.24) is 14.7 Å². The van der Waals surface area contributed by atoms with E-state index in [-0.39, 0.29) is 18.7 Å². The second-order valence-electron chi connectivity index (χ2n) is 6.01. The number of aryl methyl sites for hydroxylation is 2. The molecule has 23 heavy (non-hydrogen) atoms. The maximum absolute atomic E-state index is 12.9. The van der Waals surface area contributed by atoms with Crippen LogP contribution >= 0.6 is 0 Å². The average Bonchev–Trinajstić information content (AvgIpc) is 3.09. The average molecular weight is 315 g/mol. The zero-order valence-corrected chi connectivity index (χ0v) is 13.9. The van der Waals surface area contributed by atoms with Crippen LogP contribution in [0.1, 0.15) is 35.6 Å². The Morgan fingerprint density at radius 1 is 1.30 bits per heavy atom. The number of hydrogen-bond donors (Lipinski definition) is 0. The molecule has 0 aliphatic carbocycles. The number of fused-ring (bicyclic) bond motifs is 1. The predicted molar refractivity (Wildman–Crippen MR) is 85.5 cm³/mol. The molecule has 0 spiro atoms. The molecular formula is C17H21N3O3. The summed E-state index contributed by atoms with van der Waals surface area (Å²) in [5, 5.41) is 4.26. The second-order valence-corrected chi connectivity index (χ2v) is 6.01. The lowest BCUT2D eigenvalue weighted by Crippen LogP contribution is -2.37. The van der Waals surface area contributed by atoms with Crippen molar-refractivity contribution in [3.05, 3.63) is 41.2 Å². The highest BCUT2D eigenvalue weighted by Gasteiger charge is 2.23. The molecule has 1 aliphatic heterocycles. The molecular weight excluding hydrogens is 294 g/mol. The van der Waals surface area contributed by atoms with Gasteiger partial charge in [-0.15, -0.1) is 0 Å². The molecule has 0 saturated carbocycles. The highest BCUT2D eigenvalue weighted by atomic mass is 16.7. The minimum Gasteiger partial charge on any atom is -0.454 e. The molecule has 0 radical (unpaired) electrons. The summed E-state index contributed by atoms with van der Waals surface area (Å²) in [4.78, 5) is 14.7. The van der Waals surface area contributed by atoms with Gasteiger partial charge in [-0.2, -0.15) is 5.10 Å². The molecule has 2 heterocycles. The lowest BCUT2D eigenvalue weighted by atomic mass is 10.1. The van der Waals surface area contributed by atoms with Gasteiger partial charge in [0.15, 0.2) is 11.5 Å². The topological polar surface area (TPSA) is 56.6 Å². The van der Waals surface area contributed by atoms with Crippen LogP contribution in [0.25, 0.3) is 0 Å². The summed E-state index contributed by atoms with van der Waals surface area (Å²) in [6.07, 6.45) is 0. The summed E-state index contributed by atoms with van der Waals surface area (Å²) < 4.78 is 12.4. The maximum atomic E-state index is 12.9. The van der Waals surface area contributed by atoms with Gasteiger partial charge in [0, 0.05) is 19.6 Å². The van der Waals surface area contributed by atoms with E-state index in [9.17, 15) is 4.79 Å². The van der Waals surface area contributed by atoms with Crippen molar-refractivity contribution in [2.24, 2.45) is 7.05 Å². The summed E-state index contributed by atoms with van der Waals surface area (Å²) in [7, 11) is 1.79. The van der Waals surface area contributed by atoms with Gasteiger partial charge in [0.1, 0.15) is 5.69 Å². The lowest BCUT2D eigenvalue weighted by Gasteiger charge is -2.27. The Kier molecular flexibility index (Phi) is 3.98. The van der Waals surface area contributed by atoms with Gasteiger partial charge in [-0.25, -0.2) is 0 Å². The van der Waals surface area contributed by atoms with Gasteiger partial charge in [0.05, 0.1) is 5.69 Å². The van der Waals surface area contributed by atoms with Crippen molar-refractivity contribution in [3.63, 3.8) is 0 Å². The number of rotatable bonds is 4. The normalized spacial score (nSPS) is 12.7. The number of amides is 1. The molecule has 1 aromatic heterocycles. The van der Waals surface area contributed by atoms with Crippen LogP contribution in [0.5, 0.6) is 11.5 Å². The molecule has 0 atom stereocenters. The molecule has 1 aromatic carbocycles. The van der Waals surface area contributed by atoms with Gasteiger partial charge in [-0.1, -0.05) is 6.07 Å². The Morgan fingerprint density at radius 2 is 2.04 bits per heavy atom. The summed E-state index contributed by atoms with van der Waals surface area (Å²) in [6.45, 7) is 6.66. The van der Waals surface area contributed by atoms with Crippen molar-refractivity contribution in [1.29, 1.82) is 0 Å². The number of ether oxygens (including phenoxy) is 2. The third kappa shape index (κ3) is 3.02. The van der Waals surface area contributed by atoms with E-state index in [1.807, 2.05) is 49.9 Å². The Balaban J connectivity index is 1.84. The smallest absolute Gasteiger partial charge is 0.272 e. The van der Waals surface area contributed by atoms with Crippen LogP contribution in [0.3, 0.4) is 0 Å². The SMILES string of the molecule is Cc1cc(C(=O)N(Cc2ccc3c(c2)OCO3)C(C)C)n(C)n1. The van der Waals surface area contributed by atoms with Crippen LogP contribution in [0.4, 0.5) is 0 Å². The summed E-state index contributed by atoms with van der Waals surface area (Å²) in [5.74, 6) is 1.45. The maximum Gasteiger partial charge on any atom is 0.272 e. The molecule has 0 unspecified atom stereocenters. The first-order valence-electron chi connectivity index (χ1n) is 7.66. The minimum atomic E-state index is -0.0271. The molecule has 0 bridgehead atoms. The second kappa shape index (κ2) is 5.95. The van der Waals surface area contributed by atoms with Crippen molar-refractivity contribution < 1.29 is 14.3 Å². The van der Waals surface area contributed by atoms with Crippen LogP contribution in [-0.4, -0.2) is 33.4 Å². The molecule has 6 heteroatoms. The van der Waals surface area contributed by atoms with Crippen molar-refractivity contribution in [2.75, 3.05) is 6.79 Å². The molecule has 3 rings (SSSR count). The van der Waals surface area contributed by atoms with E-state index in [0.29, 0.717) is 12.2 Å². The highest BCUT2D eigenvalue weighted by molar-refractivity contribution is 5.92. The van der Waals surface area contributed by atoms with Crippen LogP contribution in [0.15, 0.2) is 24.3 Å². The van der Waals surface area contributed by atoms with Crippen LogP contribution in [-0.2, 0) is 13.6 Å². The highest BCUT2D eigenvalue weighted by Crippen LogP contribution is 2.33. The number of aromatic nitrogens is 2. The van der Waals surface area contributed by atoms with E-state index >= 15 is 0 Å². The zero-order valence-electron chi connectivity index (χ0n) is 13.9. The summed E-state index contributed by atoms with van der Waals surface area (Å²) >= 11 is 0. The monoisotopic (exact) mass is 315 g/mol. The Morgan fingerprint density at radius 3 is 2.70 bits per heavy atom. The van der Waals surface area contributed by atoms with Crippen molar-refractivity contribution in [3.8, 4) is 11.5 Å². The van der Waals surface area contributed by atoms with Crippen molar-refractivity contribution >= 4 is 5.91 Å². The number of hydrogen-bond acceptors (Lipinski definition) is 4. The van der Waals surface area contributed by atoms with E-state index in [4.69, 9.17) is 9.47 Å². The molecule has 2 aromatic rings. The minimum absolute atomic E-state index is 0.0271. The van der Waals surface area contributed by atoms with Gasteiger partial charge >= 0.3 is 0 Å². The first kappa shape index (κ1) is 15.4. The van der Waals surface area contributed by atoms with Crippen LogP contribution < -0.4 is 9.47 Å².